The topological polar surface area (TPSA) is 122 Å². The maximum absolute atomic E-state index is 12.2. The van der Waals surface area contributed by atoms with Crippen LogP contribution in [-0.2, 0) is 19.6 Å². The number of sulfonamides is 1. The first-order valence-electron chi connectivity index (χ1n) is 7.30. The normalized spacial score (nSPS) is 20.5. The molecule has 0 spiro atoms. The second-order valence-electron chi connectivity index (χ2n) is 5.44. The summed E-state index contributed by atoms with van der Waals surface area (Å²) in [6.07, 6.45) is 0.876. The van der Waals surface area contributed by atoms with E-state index in [4.69, 9.17) is 5.14 Å². The molecule has 1 aromatic rings. The van der Waals surface area contributed by atoms with E-state index in [0.717, 1.165) is 6.42 Å². The molecular weight excluding hydrogens is 352 g/mol. The van der Waals surface area contributed by atoms with Crippen molar-refractivity contribution >= 4 is 44.5 Å². The Morgan fingerprint density at radius 1 is 1.38 bits per heavy atom. The Hall–Kier alpha value is -1.91. The van der Waals surface area contributed by atoms with Crippen LogP contribution in [0.5, 0.6) is 0 Å². The first-order valence-corrected chi connectivity index (χ1v) is 9.72. The van der Waals surface area contributed by atoms with Gasteiger partial charge in [0.25, 0.3) is 0 Å². The second kappa shape index (κ2) is 6.54. The average Bonchev–Trinajstić information content (AvgIpc) is 2.83. The van der Waals surface area contributed by atoms with Gasteiger partial charge in [-0.3, -0.25) is 19.5 Å². The number of anilines is 1. The fourth-order valence-electron chi connectivity index (χ4n) is 2.48. The first kappa shape index (κ1) is 16.9. The minimum absolute atomic E-state index is 0.0306. The summed E-state index contributed by atoms with van der Waals surface area (Å²) in [5, 5.41) is 7.90. The zero-order valence-electron chi connectivity index (χ0n) is 12.6. The van der Waals surface area contributed by atoms with Gasteiger partial charge in [0.1, 0.15) is 5.25 Å². The zero-order chi connectivity index (χ0) is 17.3. The van der Waals surface area contributed by atoms with Gasteiger partial charge in [-0.1, -0.05) is 11.8 Å². The van der Waals surface area contributed by atoms with Gasteiger partial charge >= 0.3 is 0 Å². The van der Waals surface area contributed by atoms with Crippen LogP contribution in [0.1, 0.15) is 12.8 Å². The van der Waals surface area contributed by atoms with Gasteiger partial charge in [-0.15, -0.1) is 0 Å². The first-order chi connectivity index (χ1) is 11.3. The summed E-state index contributed by atoms with van der Waals surface area (Å²) < 4.78 is 22.4. The number of thioether (sulfide) groups is 1. The largest absolute Gasteiger partial charge is 0.326 e. The van der Waals surface area contributed by atoms with Gasteiger partial charge in [0.05, 0.1) is 4.90 Å². The summed E-state index contributed by atoms with van der Waals surface area (Å²) >= 11 is 1.32. The van der Waals surface area contributed by atoms with Crippen LogP contribution in [0.15, 0.2) is 34.2 Å². The van der Waals surface area contributed by atoms with Crippen molar-refractivity contribution in [3.63, 3.8) is 0 Å². The Morgan fingerprint density at radius 3 is 2.71 bits per heavy atom. The lowest BCUT2D eigenvalue weighted by molar-refractivity contribution is -0.128. The summed E-state index contributed by atoms with van der Waals surface area (Å²) in [6.45, 7) is 1.36. The molecule has 0 radical (unpaired) electrons. The Labute approximate surface area is 143 Å². The molecule has 128 valence electrons. The number of aliphatic imine (C=N–C) groups is 1. The van der Waals surface area contributed by atoms with Crippen LogP contribution in [0.4, 0.5) is 5.69 Å². The minimum atomic E-state index is -3.77. The van der Waals surface area contributed by atoms with E-state index in [0.29, 0.717) is 23.9 Å². The van der Waals surface area contributed by atoms with Crippen LogP contribution in [0.2, 0.25) is 0 Å². The molecule has 1 aromatic carbocycles. The molecule has 1 fully saturated rings. The van der Waals surface area contributed by atoms with Crippen LogP contribution in [0, 0.1) is 0 Å². The molecule has 1 atom stereocenters. The average molecular weight is 368 g/mol. The molecule has 0 aromatic heterocycles. The molecule has 24 heavy (non-hydrogen) atoms. The van der Waals surface area contributed by atoms with Crippen molar-refractivity contribution in [2.45, 2.75) is 23.0 Å². The highest BCUT2D eigenvalue weighted by Gasteiger charge is 2.39. The molecule has 2 amide bonds. The molecule has 2 aliphatic rings. The van der Waals surface area contributed by atoms with E-state index in [1.54, 1.807) is 4.90 Å². The Bertz CT molecular complexity index is 805. The highest BCUT2D eigenvalue weighted by Crippen LogP contribution is 2.31. The van der Waals surface area contributed by atoms with Crippen LogP contribution in [-0.4, -0.2) is 48.6 Å². The van der Waals surface area contributed by atoms with Crippen LogP contribution in [0.25, 0.3) is 0 Å². The predicted octanol–water partition coefficient (Wildman–Crippen LogP) is 0.366. The van der Waals surface area contributed by atoms with E-state index >= 15 is 0 Å². The number of carbonyl (C=O) groups excluding carboxylic acids is 2. The maximum Gasteiger partial charge on any atom is 0.242 e. The fraction of sp³-hybridized carbons (Fsp3) is 0.357. The number of carbonyl (C=O) groups is 2. The lowest BCUT2D eigenvalue weighted by Gasteiger charge is -2.19. The number of amidine groups is 1. The number of amides is 2. The van der Waals surface area contributed by atoms with Crippen LogP contribution in [0.3, 0.4) is 0 Å². The van der Waals surface area contributed by atoms with E-state index in [1.807, 2.05) is 0 Å². The van der Waals surface area contributed by atoms with Crippen LogP contribution >= 0.6 is 11.8 Å². The van der Waals surface area contributed by atoms with Crippen molar-refractivity contribution in [2.75, 3.05) is 18.4 Å². The highest BCUT2D eigenvalue weighted by molar-refractivity contribution is 8.15. The van der Waals surface area contributed by atoms with Crippen molar-refractivity contribution in [1.29, 1.82) is 0 Å². The monoisotopic (exact) mass is 368 g/mol. The summed E-state index contributed by atoms with van der Waals surface area (Å²) in [6, 6.07) is 5.54. The Balaban J connectivity index is 1.61. The number of nitrogens with zero attached hydrogens (tertiary/aromatic N) is 2. The fourth-order valence-corrected chi connectivity index (χ4v) is 4.19. The van der Waals surface area contributed by atoms with Gasteiger partial charge in [0.2, 0.25) is 21.8 Å². The van der Waals surface area contributed by atoms with Crippen molar-refractivity contribution in [3.05, 3.63) is 24.3 Å². The third kappa shape index (κ3) is 3.60. The van der Waals surface area contributed by atoms with Gasteiger partial charge in [0, 0.05) is 25.2 Å². The lowest BCUT2D eigenvalue weighted by atomic mass is 10.2. The van der Waals surface area contributed by atoms with E-state index in [-0.39, 0.29) is 23.1 Å². The minimum Gasteiger partial charge on any atom is -0.326 e. The Kier molecular flexibility index (Phi) is 4.61. The van der Waals surface area contributed by atoms with Gasteiger partial charge in [-0.2, -0.15) is 0 Å². The summed E-state index contributed by atoms with van der Waals surface area (Å²) in [5.74, 6) is -0.400. The third-order valence-corrected chi connectivity index (χ3v) is 5.79. The van der Waals surface area contributed by atoms with Gasteiger partial charge in [-0.25, -0.2) is 13.6 Å². The number of hydrogen-bond donors (Lipinski definition) is 2. The molecule has 1 saturated heterocycles. The molecule has 0 saturated carbocycles. The number of fused-ring (bicyclic) bond motifs is 1. The molecule has 2 aliphatic heterocycles. The van der Waals surface area contributed by atoms with Crippen molar-refractivity contribution < 1.29 is 18.0 Å². The number of primary sulfonamides is 1. The molecule has 10 heteroatoms. The number of nitrogens with two attached hydrogens (primary N) is 1. The molecule has 3 N–H and O–H groups in total. The molecule has 0 bridgehead atoms. The van der Waals surface area contributed by atoms with Crippen molar-refractivity contribution in [3.8, 4) is 0 Å². The quantitative estimate of drug-likeness (QED) is 0.795. The number of benzene rings is 1. The van der Waals surface area contributed by atoms with Crippen molar-refractivity contribution in [2.24, 2.45) is 10.1 Å². The molecule has 3 rings (SSSR count). The van der Waals surface area contributed by atoms with Gasteiger partial charge in [-0.05, 0) is 30.7 Å². The number of nitrogens with one attached hydrogen (secondary N) is 1. The van der Waals surface area contributed by atoms with Crippen LogP contribution < -0.4 is 10.5 Å². The summed E-state index contributed by atoms with van der Waals surface area (Å²) in [5.41, 5.74) is 0.443. The number of rotatable bonds is 4. The maximum atomic E-state index is 12.2. The zero-order valence-corrected chi connectivity index (χ0v) is 14.3. The lowest BCUT2D eigenvalue weighted by Crippen LogP contribution is -2.36. The molecular formula is C14H16N4O4S2. The second-order valence-corrected chi connectivity index (χ2v) is 8.17. The van der Waals surface area contributed by atoms with Crippen molar-refractivity contribution in [1.82, 2.24) is 4.90 Å². The van der Waals surface area contributed by atoms with E-state index < -0.39 is 15.3 Å². The molecule has 1 unspecified atom stereocenters. The molecule has 2 heterocycles. The number of hydrogen-bond acceptors (Lipinski definition) is 6. The van der Waals surface area contributed by atoms with Gasteiger partial charge < -0.3 is 5.32 Å². The van der Waals surface area contributed by atoms with Gasteiger partial charge in [0.15, 0.2) is 5.17 Å². The molecule has 0 aliphatic carbocycles. The van der Waals surface area contributed by atoms with E-state index in [1.165, 1.54) is 36.0 Å². The standard InChI is InChI=1S/C14H16N4O4S2/c15-24(21,22)10-4-2-9(3-5-10)17-12(19)8-11-13(20)18-7-1-6-16-14(18)23-11/h2-5,11H,1,6-8H2,(H,17,19)(H2,15,21,22). The highest BCUT2D eigenvalue weighted by atomic mass is 32.2. The summed E-state index contributed by atoms with van der Waals surface area (Å²) in [4.78, 5) is 30.3. The van der Waals surface area contributed by atoms with E-state index in [9.17, 15) is 18.0 Å². The van der Waals surface area contributed by atoms with E-state index in [2.05, 4.69) is 10.3 Å². The smallest absolute Gasteiger partial charge is 0.242 e. The summed E-state index contributed by atoms with van der Waals surface area (Å²) in [7, 11) is -3.77. The Morgan fingerprint density at radius 2 is 2.08 bits per heavy atom. The molecule has 8 nitrogen and oxygen atoms in total. The third-order valence-electron chi connectivity index (χ3n) is 3.64. The predicted molar refractivity (Wildman–Crippen MR) is 91.1 cm³/mol. The SMILES string of the molecule is NS(=O)(=O)c1ccc(NC(=O)CC2SC3=NCCCN3C2=O)cc1.